The van der Waals surface area contributed by atoms with Crippen LogP contribution in [0.15, 0.2) is 28.7 Å². The van der Waals surface area contributed by atoms with E-state index in [1.807, 2.05) is 19.1 Å². The highest BCUT2D eigenvalue weighted by atomic mass is 79.9. The molecule has 0 radical (unpaired) electrons. The van der Waals surface area contributed by atoms with E-state index in [1.165, 1.54) is 0 Å². The van der Waals surface area contributed by atoms with E-state index in [9.17, 15) is 4.79 Å². The monoisotopic (exact) mass is 283 g/mol. The van der Waals surface area contributed by atoms with Crippen LogP contribution in [-0.4, -0.2) is 18.1 Å². The number of halogens is 1. The Labute approximate surface area is 103 Å². The zero-order valence-electron chi connectivity index (χ0n) is 9.13. The van der Waals surface area contributed by atoms with Gasteiger partial charge in [-0.1, -0.05) is 22.0 Å². The smallest absolute Gasteiger partial charge is 0.331 e. The third-order valence-corrected chi connectivity index (χ3v) is 3.32. The molecule has 2 rings (SSSR count). The summed E-state index contributed by atoms with van der Waals surface area (Å²) in [6.07, 6.45) is 1.85. The van der Waals surface area contributed by atoms with Crippen LogP contribution in [0.25, 0.3) is 0 Å². The van der Waals surface area contributed by atoms with Crippen LogP contribution >= 0.6 is 15.9 Å². The molecule has 16 heavy (non-hydrogen) atoms. The minimum absolute atomic E-state index is 0.205. The Morgan fingerprint density at radius 1 is 1.56 bits per heavy atom. The van der Waals surface area contributed by atoms with Gasteiger partial charge in [0.15, 0.2) is 0 Å². The molecule has 4 heteroatoms. The second kappa shape index (κ2) is 4.55. The van der Waals surface area contributed by atoms with Gasteiger partial charge in [0.2, 0.25) is 0 Å². The van der Waals surface area contributed by atoms with Crippen LogP contribution in [0.5, 0.6) is 5.75 Å². The Balaban J connectivity index is 2.07. The summed E-state index contributed by atoms with van der Waals surface area (Å²) in [4.78, 5) is 11.9. The SMILES string of the molecule is C[C@@]1(C(=O)Oc2cccc(Br)c2)CCCN1. The first-order valence-electron chi connectivity index (χ1n) is 5.33. The Morgan fingerprint density at radius 2 is 2.38 bits per heavy atom. The van der Waals surface area contributed by atoms with Gasteiger partial charge in [0.1, 0.15) is 11.3 Å². The molecule has 0 unspecified atom stereocenters. The average Bonchev–Trinajstić information content (AvgIpc) is 2.66. The number of hydrogen-bond donors (Lipinski definition) is 1. The second-order valence-electron chi connectivity index (χ2n) is 4.21. The first-order valence-corrected chi connectivity index (χ1v) is 6.12. The van der Waals surface area contributed by atoms with Crippen molar-refractivity contribution in [2.24, 2.45) is 0 Å². The molecule has 0 amide bonds. The van der Waals surface area contributed by atoms with Gasteiger partial charge in [-0.15, -0.1) is 0 Å². The zero-order chi connectivity index (χ0) is 11.6. The van der Waals surface area contributed by atoms with Gasteiger partial charge in [0.25, 0.3) is 0 Å². The van der Waals surface area contributed by atoms with Crippen molar-refractivity contribution in [1.82, 2.24) is 5.32 Å². The van der Waals surface area contributed by atoms with Gasteiger partial charge in [-0.2, -0.15) is 0 Å². The van der Waals surface area contributed by atoms with Crippen LogP contribution in [-0.2, 0) is 4.79 Å². The molecule has 1 heterocycles. The first-order chi connectivity index (χ1) is 7.60. The van der Waals surface area contributed by atoms with Crippen LogP contribution in [0, 0.1) is 0 Å². The summed E-state index contributed by atoms with van der Waals surface area (Å²) < 4.78 is 6.26. The third-order valence-electron chi connectivity index (χ3n) is 2.83. The molecule has 0 spiro atoms. The van der Waals surface area contributed by atoms with Crippen LogP contribution in [0.1, 0.15) is 19.8 Å². The topological polar surface area (TPSA) is 38.3 Å². The molecule has 1 aromatic carbocycles. The molecule has 0 aromatic heterocycles. The third kappa shape index (κ3) is 2.44. The molecule has 0 aliphatic carbocycles. The van der Waals surface area contributed by atoms with Crippen molar-refractivity contribution < 1.29 is 9.53 Å². The number of carbonyl (C=O) groups is 1. The van der Waals surface area contributed by atoms with Crippen LogP contribution in [0.4, 0.5) is 0 Å². The largest absolute Gasteiger partial charge is 0.425 e. The Hall–Kier alpha value is -0.870. The lowest BCUT2D eigenvalue weighted by Crippen LogP contribution is -2.47. The lowest BCUT2D eigenvalue weighted by atomic mass is 10.0. The quantitative estimate of drug-likeness (QED) is 0.670. The Morgan fingerprint density at radius 3 is 3.00 bits per heavy atom. The fourth-order valence-electron chi connectivity index (χ4n) is 1.82. The molecular weight excluding hydrogens is 270 g/mol. The fraction of sp³-hybridized carbons (Fsp3) is 0.417. The lowest BCUT2D eigenvalue weighted by molar-refractivity contribution is -0.140. The summed E-state index contributed by atoms with van der Waals surface area (Å²) in [7, 11) is 0. The van der Waals surface area contributed by atoms with Crippen LogP contribution in [0.2, 0.25) is 0 Å². The summed E-state index contributed by atoms with van der Waals surface area (Å²) in [5.74, 6) is 0.373. The fourth-order valence-corrected chi connectivity index (χ4v) is 2.20. The number of rotatable bonds is 2. The van der Waals surface area contributed by atoms with Crippen LogP contribution < -0.4 is 10.1 Å². The minimum Gasteiger partial charge on any atom is -0.425 e. The van der Waals surface area contributed by atoms with E-state index in [0.29, 0.717) is 5.75 Å². The van der Waals surface area contributed by atoms with E-state index >= 15 is 0 Å². The number of hydrogen-bond acceptors (Lipinski definition) is 3. The van der Waals surface area contributed by atoms with Crippen LogP contribution in [0.3, 0.4) is 0 Å². The van der Waals surface area contributed by atoms with Crippen molar-refractivity contribution >= 4 is 21.9 Å². The molecule has 1 saturated heterocycles. The van der Waals surface area contributed by atoms with E-state index in [-0.39, 0.29) is 5.97 Å². The summed E-state index contributed by atoms with van der Waals surface area (Å²) in [6, 6.07) is 7.31. The first kappa shape index (κ1) is 11.6. The summed E-state index contributed by atoms with van der Waals surface area (Å²) in [6.45, 7) is 2.77. The Kier molecular flexibility index (Phi) is 3.30. The molecule has 1 aromatic rings. The highest BCUT2D eigenvalue weighted by Crippen LogP contribution is 2.23. The van der Waals surface area contributed by atoms with Gasteiger partial charge in [-0.25, -0.2) is 4.79 Å². The van der Waals surface area contributed by atoms with Gasteiger partial charge in [-0.05, 0) is 44.5 Å². The van der Waals surface area contributed by atoms with Gasteiger partial charge >= 0.3 is 5.97 Å². The maximum atomic E-state index is 11.9. The second-order valence-corrected chi connectivity index (χ2v) is 5.13. The van der Waals surface area contributed by atoms with Gasteiger partial charge in [0, 0.05) is 4.47 Å². The maximum Gasteiger partial charge on any atom is 0.331 e. The van der Waals surface area contributed by atoms with E-state index in [2.05, 4.69) is 21.2 Å². The molecule has 1 N–H and O–H groups in total. The highest BCUT2D eigenvalue weighted by molar-refractivity contribution is 9.10. The standard InChI is InChI=1S/C12H14BrNO2/c1-12(6-3-7-14-12)11(15)16-10-5-2-4-9(13)8-10/h2,4-5,8,14H,3,6-7H2,1H3/t12-/m0/s1. The molecule has 0 bridgehead atoms. The molecule has 1 atom stereocenters. The van der Waals surface area contributed by atoms with E-state index in [0.717, 1.165) is 23.9 Å². The number of carbonyl (C=O) groups excluding carboxylic acids is 1. The molecule has 1 aliphatic heterocycles. The van der Waals surface area contributed by atoms with E-state index in [4.69, 9.17) is 4.74 Å². The summed E-state index contributed by atoms with van der Waals surface area (Å²) in [5.41, 5.74) is -0.525. The van der Waals surface area contributed by atoms with Crippen molar-refractivity contribution in [2.75, 3.05) is 6.54 Å². The van der Waals surface area contributed by atoms with E-state index < -0.39 is 5.54 Å². The minimum atomic E-state index is -0.525. The number of ether oxygens (including phenoxy) is 1. The predicted octanol–water partition coefficient (Wildman–Crippen LogP) is 2.50. The predicted molar refractivity (Wildman–Crippen MR) is 65.4 cm³/mol. The highest BCUT2D eigenvalue weighted by Gasteiger charge is 2.37. The normalized spacial score (nSPS) is 24.4. The summed E-state index contributed by atoms with van der Waals surface area (Å²) in [5, 5.41) is 3.18. The zero-order valence-corrected chi connectivity index (χ0v) is 10.7. The molecule has 1 fully saturated rings. The van der Waals surface area contributed by atoms with Crippen molar-refractivity contribution in [3.63, 3.8) is 0 Å². The number of nitrogens with one attached hydrogen (secondary N) is 1. The van der Waals surface area contributed by atoms with Gasteiger partial charge in [-0.3, -0.25) is 0 Å². The molecule has 3 nitrogen and oxygen atoms in total. The van der Waals surface area contributed by atoms with Crippen molar-refractivity contribution in [3.05, 3.63) is 28.7 Å². The molecule has 86 valence electrons. The van der Waals surface area contributed by atoms with Gasteiger partial charge in [0.05, 0.1) is 0 Å². The summed E-state index contributed by atoms with van der Waals surface area (Å²) >= 11 is 3.34. The van der Waals surface area contributed by atoms with Crippen molar-refractivity contribution in [2.45, 2.75) is 25.3 Å². The number of benzene rings is 1. The van der Waals surface area contributed by atoms with Crippen molar-refractivity contribution in [3.8, 4) is 5.75 Å². The lowest BCUT2D eigenvalue weighted by Gasteiger charge is -2.21. The van der Waals surface area contributed by atoms with Crippen molar-refractivity contribution in [1.29, 1.82) is 0 Å². The van der Waals surface area contributed by atoms with E-state index in [1.54, 1.807) is 12.1 Å². The number of esters is 1. The maximum absolute atomic E-state index is 11.9. The Bertz CT molecular complexity index is 400. The average molecular weight is 284 g/mol. The van der Waals surface area contributed by atoms with Gasteiger partial charge < -0.3 is 10.1 Å². The molecular formula is C12H14BrNO2. The molecule has 0 saturated carbocycles. The molecule has 1 aliphatic rings.